The summed E-state index contributed by atoms with van der Waals surface area (Å²) in [6, 6.07) is 9.87. The van der Waals surface area contributed by atoms with Gasteiger partial charge >= 0.3 is 0 Å². The van der Waals surface area contributed by atoms with Gasteiger partial charge in [-0.2, -0.15) is 5.10 Å². The van der Waals surface area contributed by atoms with Crippen LogP contribution in [0.2, 0.25) is 0 Å². The van der Waals surface area contributed by atoms with Crippen LogP contribution in [0.1, 0.15) is 23.1 Å². The molecule has 0 aliphatic carbocycles. The van der Waals surface area contributed by atoms with E-state index >= 15 is 0 Å². The van der Waals surface area contributed by atoms with Crippen LogP contribution in [-0.2, 0) is 6.42 Å². The average molecular weight is 317 g/mol. The van der Waals surface area contributed by atoms with Crippen LogP contribution < -0.4 is 4.90 Å². The van der Waals surface area contributed by atoms with E-state index in [1.807, 2.05) is 35.0 Å². The van der Waals surface area contributed by atoms with Crippen molar-refractivity contribution in [2.24, 2.45) is 0 Å². The van der Waals surface area contributed by atoms with Crippen molar-refractivity contribution in [3.63, 3.8) is 0 Å². The number of fused-ring (bicyclic) bond motifs is 2. The molecule has 1 aliphatic heterocycles. The van der Waals surface area contributed by atoms with Crippen molar-refractivity contribution >= 4 is 11.5 Å². The number of aromatic amines is 1. The SMILES string of the molecule is c1cnc(N2CCc3[nH]cnc3[C@H]2c2cc3ccccn3n2)nc1. The lowest BCUT2D eigenvalue weighted by molar-refractivity contribution is 0.602. The van der Waals surface area contributed by atoms with E-state index in [1.54, 1.807) is 18.7 Å². The molecule has 1 atom stereocenters. The van der Waals surface area contributed by atoms with Crippen molar-refractivity contribution in [1.82, 2.24) is 29.5 Å². The largest absolute Gasteiger partial charge is 0.348 e. The molecular weight excluding hydrogens is 302 g/mol. The third-order valence-corrected chi connectivity index (χ3v) is 4.40. The Balaban J connectivity index is 1.68. The van der Waals surface area contributed by atoms with Crippen molar-refractivity contribution in [3.8, 4) is 0 Å². The van der Waals surface area contributed by atoms with E-state index in [1.165, 1.54) is 0 Å². The smallest absolute Gasteiger partial charge is 0.226 e. The van der Waals surface area contributed by atoms with Crippen molar-refractivity contribution < 1.29 is 0 Å². The highest BCUT2D eigenvalue weighted by molar-refractivity contribution is 5.52. The molecule has 1 aliphatic rings. The number of imidazole rings is 1. The van der Waals surface area contributed by atoms with Gasteiger partial charge in [-0.1, -0.05) is 6.07 Å². The summed E-state index contributed by atoms with van der Waals surface area (Å²) in [4.78, 5) is 18.8. The molecule has 7 nitrogen and oxygen atoms in total. The predicted molar refractivity (Wildman–Crippen MR) is 88.7 cm³/mol. The van der Waals surface area contributed by atoms with Gasteiger partial charge in [0, 0.05) is 37.3 Å². The number of nitrogens with zero attached hydrogens (tertiary/aromatic N) is 6. The fourth-order valence-electron chi connectivity index (χ4n) is 3.32. The monoisotopic (exact) mass is 317 g/mol. The first kappa shape index (κ1) is 13.2. The highest BCUT2D eigenvalue weighted by Crippen LogP contribution is 2.34. The highest BCUT2D eigenvalue weighted by atomic mass is 15.3. The van der Waals surface area contributed by atoms with Gasteiger partial charge in [-0.15, -0.1) is 0 Å². The first-order chi connectivity index (χ1) is 11.9. The Morgan fingerprint density at radius 2 is 2.00 bits per heavy atom. The Bertz CT molecular complexity index is 955. The molecule has 0 amide bonds. The molecule has 24 heavy (non-hydrogen) atoms. The van der Waals surface area contributed by atoms with Gasteiger partial charge in [0.25, 0.3) is 0 Å². The van der Waals surface area contributed by atoms with E-state index < -0.39 is 0 Å². The van der Waals surface area contributed by atoms with Gasteiger partial charge < -0.3 is 9.88 Å². The van der Waals surface area contributed by atoms with Gasteiger partial charge in [-0.25, -0.2) is 19.5 Å². The van der Waals surface area contributed by atoms with Crippen LogP contribution in [0.15, 0.2) is 55.2 Å². The summed E-state index contributed by atoms with van der Waals surface area (Å²) in [7, 11) is 0. The van der Waals surface area contributed by atoms with Gasteiger partial charge in [0.2, 0.25) is 5.95 Å². The molecule has 0 saturated carbocycles. The second kappa shape index (κ2) is 5.16. The topological polar surface area (TPSA) is 75.0 Å². The lowest BCUT2D eigenvalue weighted by Crippen LogP contribution is -2.37. The standard InChI is InChI=1S/C17H15N7/c1-2-8-24-12(4-1)10-14(22-24)16-15-13(20-11-21-15)5-9-23(16)17-18-6-3-7-19-17/h1-4,6-8,10-11,16H,5,9H2,(H,20,21)/t16-/m1/s1. The van der Waals surface area contributed by atoms with Crippen molar-refractivity contribution in [1.29, 1.82) is 0 Å². The molecule has 7 heteroatoms. The molecule has 0 bridgehead atoms. The van der Waals surface area contributed by atoms with Crippen LogP contribution in [-0.4, -0.2) is 36.1 Å². The maximum atomic E-state index is 4.76. The van der Waals surface area contributed by atoms with E-state index in [0.717, 1.165) is 35.6 Å². The second-order valence-corrected chi connectivity index (χ2v) is 5.80. The molecule has 5 rings (SSSR count). The van der Waals surface area contributed by atoms with E-state index in [9.17, 15) is 0 Å². The lowest BCUT2D eigenvalue weighted by Gasteiger charge is -2.33. The summed E-state index contributed by atoms with van der Waals surface area (Å²) in [5, 5.41) is 4.76. The minimum Gasteiger partial charge on any atom is -0.348 e. The van der Waals surface area contributed by atoms with Gasteiger partial charge in [-0.05, 0) is 24.3 Å². The normalized spacial score (nSPS) is 17.2. The molecule has 4 aromatic heterocycles. The molecule has 5 heterocycles. The van der Waals surface area contributed by atoms with Crippen molar-refractivity contribution in [3.05, 3.63) is 72.3 Å². The van der Waals surface area contributed by atoms with Crippen LogP contribution in [0.25, 0.3) is 5.52 Å². The maximum Gasteiger partial charge on any atom is 0.226 e. The Morgan fingerprint density at radius 3 is 2.88 bits per heavy atom. The number of nitrogens with one attached hydrogen (secondary N) is 1. The van der Waals surface area contributed by atoms with Crippen LogP contribution in [0, 0.1) is 0 Å². The van der Waals surface area contributed by atoms with E-state index in [4.69, 9.17) is 5.10 Å². The van der Waals surface area contributed by atoms with Crippen molar-refractivity contribution in [2.75, 3.05) is 11.4 Å². The zero-order chi connectivity index (χ0) is 15.9. The minimum absolute atomic E-state index is 0.0951. The highest BCUT2D eigenvalue weighted by Gasteiger charge is 2.34. The number of rotatable bonds is 2. The Labute approximate surface area is 138 Å². The summed E-state index contributed by atoms with van der Waals surface area (Å²) in [6.45, 7) is 0.817. The summed E-state index contributed by atoms with van der Waals surface area (Å²) in [5.41, 5.74) is 4.16. The molecule has 0 aromatic carbocycles. The summed E-state index contributed by atoms with van der Waals surface area (Å²) >= 11 is 0. The van der Waals surface area contributed by atoms with E-state index in [-0.39, 0.29) is 6.04 Å². The van der Waals surface area contributed by atoms with Crippen LogP contribution in [0.4, 0.5) is 5.95 Å². The zero-order valence-corrected chi connectivity index (χ0v) is 12.9. The first-order valence-corrected chi connectivity index (χ1v) is 7.90. The zero-order valence-electron chi connectivity index (χ0n) is 12.9. The molecule has 0 radical (unpaired) electrons. The first-order valence-electron chi connectivity index (χ1n) is 7.90. The number of hydrogen-bond acceptors (Lipinski definition) is 5. The Kier molecular flexibility index (Phi) is 2.84. The van der Waals surface area contributed by atoms with Crippen LogP contribution in [0.3, 0.4) is 0 Å². The maximum absolute atomic E-state index is 4.76. The molecule has 1 N–H and O–H groups in total. The third-order valence-electron chi connectivity index (χ3n) is 4.40. The van der Waals surface area contributed by atoms with Gasteiger partial charge in [0.15, 0.2) is 0 Å². The Morgan fingerprint density at radius 1 is 1.08 bits per heavy atom. The molecule has 118 valence electrons. The van der Waals surface area contributed by atoms with Crippen LogP contribution >= 0.6 is 0 Å². The molecular formula is C17H15N7. The number of anilines is 1. The quantitative estimate of drug-likeness (QED) is 0.612. The fraction of sp³-hybridized carbons (Fsp3) is 0.176. The molecule has 0 spiro atoms. The average Bonchev–Trinajstić information content (AvgIpc) is 3.28. The lowest BCUT2D eigenvalue weighted by atomic mass is 10.0. The molecule has 0 saturated heterocycles. The summed E-state index contributed by atoms with van der Waals surface area (Å²) in [5.74, 6) is 0.702. The van der Waals surface area contributed by atoms with Gasteiger partial charge in [-0.3, -0.25) is 0 Å². The fourth-order valence-corrected chi connectivity index (χ4v) is 3.32. The molecule has 0 unspecified atom stereocenters. The predicted octanol–water partition coefficient (Wildman–Crippen LogP) is 2.00. The van der Waals surface area contributed by atoms with E-state index in [2.05, 4.69) is 30.9 Å². The van der Waals surface area contributed by atoms with E-state index in [0.29, 0.717) is 5.95 Å². The third kappa shape index (κ3) is 1.98. The Hall–Kier alpha value is -3.22. The van der Waals surface area contributed by atoms with Crippen molar-refractivity contribution in [2.45, 2.75) is 12.5 Å². The van der Waals surface area contributed by atoms with Crippen LogP contribution in [0.5, 0.6) is 0 Å². The summed E-state index contributed by atoms with van der Waals surface area (Å²) in [6.07, 6.45) is 8.13. The minimum atomic E-state index is -0.0951. The van der Waals surface area contributed by atoms with Gasteiger partial charge in [0.05, 0.1) is 23.2 Å². The second-order valence-electron chi connectivity index (χ2n) is 5.80. The number of pyridine rings is 1. The number of hydrogen-bond donors (Lipinski definition) is 1. The summed E-state index contributed by atoms with van der Waals surface area (Å²) < 4.78 is 1.89. The van der Waals surface area contributed by atoms with Gasteiger partial charge in [0.1, 0.15) is 6.04 Å². The number of H-pyrrole nitrogens is 1. The molecule has 0 fully saturated rings. The molecule has 4 aromatic rings. The number of aromatic nitrogens is 6.